The zero-order valence-electron chi connectivity index (χ0n) is 8.49. The Balaban J connectivity index is 2.04. The summed E-state index contributed by atoms with van der Waals surface area (Å²) in [7, 11) is 0. The predicted molar refractivity (Wildman–Crippen MR) is 64.0 cm³/mol. The highest BCUT2D eigenvalue weighted by Crippen LogP contribution is 2.33. The molecule has 0 radical (unpaired) electrons. The zero-order valence-corrected chi connectivity index (χ0v) is 10.6. The van der Waals surface area contributed by atoms with Crippen molar-refractivity contribution in [3.05, 3.63) is 10.2 Å². The van der Waals surface area contributed by atoms with Crippen LogP contribution in [0.1, 0.15) is 45.1 Å². The molecular weight excluding hydrogens is 289 g/mol. The van der Waals surface area contributed by atoms with E-state index in [9.17, 15) is 0 Å². The molecule has 0 aliphatic heterocycles. The van der Waals surface area contributed by atoms with Crippen LogP contribution in [-0.4, -0.2) is 14.8 Å². The van der Waals surface area contributed by atoms with Crippen LogP contribution in [0, 0.1) is 9.75 Å². The molecule has 0 amide bonds. The molecule has 14 heavy (non-hydrogen) atoms. The van der Waals surface area contributed by atoms with Gasteiger partial charge in [0.25, 0.3) is 0 Å². The number of rotatable bonds is 2. The van der Waals surface area contributed by atoms with Crippen LogP contribution in [0.3, 0.4) is 0 Å². The first-order valence-electron chi connectivity index (χ1n) is 5.36. The number of aromatic nitrogens is 3. The summed E-state index contributed by atoms with van der Waals surface area (Å²) in [6.07, 6.45) is 8.50. The van der Waals surface area contributed by atoms with Crippen LogP contribution in [0.25, 0.3) is 0 Å². The second kappa shape index (κ2) is 4.59. The molecule has 1 aromatic heterocycles. The van der Waals surface area contributed by atoms with Crippen LogP contribution in [0.4, 0.5) is 0 Å². The quantitative estimate of drug-likeness (QED) is 0.786. The van der Waals surface area contributed by atoms with E-state index in [1.54, 1.807) is 0 Å². The van der Waals surface area contributed by atoms with E-state index in [2.05, 4.69) is 44.3 Å². The molecule has 2 atom stereocenters. The molecule has 1 heterocycles. The third kappa shape index (κ3) is 2.27. The summed E-state index contributed by atoms with van der Waals surface area (Å²) in [5.41, 5.74) is 0. The summed E-state index contributed by atoms with van der Waals surface area (Å²) in [6, 6.07) is 0.602. The molecule has 0 spiro atoms. The largest absolute Gasteiger partial charge is 0.249 e. The van der Waals surface area contributed by atoms with Gasteiger partial charge in [-0.1, -0.05) is 26.2 Å². The van der Waals surface area contributed by atoms with Crippen molar-refractivity contribution in [1.82, 2.24) is 14.8 Å². The van der Waals surface area contributed by atoms with Crippen molar-refractivity contribution >= 4 is 22.6 Å². The van der Waals surface area contributed by atoms with Gasteiger partial charge in [0.2, 0.25) is 3.83 Å². The van der Waals surface area contributed by atoms with Crippen LogP contribution in [0.5, 0.6) is 0 Å². The summed E-state index contributed by atoms with van der Waals surface area (Å²) in [6.45, 7) is 2.29. The lowest BCUT2D eigenvalue weighted by molar-refractivity contribution is 0.247. The first-order valence-corrected chi connectivity index (χ1v) is 6.44. The fourth-order valence-electron chi connectivity index (χ4n) is 2.30. The predicted octanol–water partition coefficient (Wildman–Crippen LogP) is 3.02. The molecule has 0 saturated heterocycles. The Morgan fingerprint density at radius 3 is 3.07 bits per heavy atom. The van der Waals surface area contributed by atoms with E-state index in [4.69, 9.17) is 0 Å². The fraction of sp³-hybridized carbons (Fsp3) is 0.800. The Morgan fingerprint density at radius 1 is 1.57 bits per heavy atom. The average Bonchev–Trinajstić information content (AvgIpc) is 2.65. The minimum absolute atomic E-state index is 0.602. The highest BCUT2D eigenvalue weighted by molar-refractivity contribution is 14.1. The Morgan fingerprint density at radius 2 is 2.43 bits per heavy atom. The maximum atomic E-state index is 4.40. The summed E-state index contributed by atoms with van der Waals surface area (Å²) in [5.74, 6) is 0.899. The van der Waals surface area contributed by atoms with E-state index in [1.165, 1.54) is 32.1 Å². The van der Waals surface area contributed by atoms with E-state index < -0.39 is 0 Å². The number of halogens is 1. The highest BCUT2D eigenvalue weighted by Gasteiger charge is 2.22. The third-order valence-corrected chi connectivity index (χ3v) is 3.68. The van der Waals surface area contributed by atoms with Crippen molar-refractivity contribution in [2.24, 2.45) is 5.92 Å². The van der Waals surface area contributed by atoms with E-state index in [1.807, 2.05) is 6.33 Å². The highest BCUT2D eigenvalue weighted by atomic mass is 127. The monoisotopic (exact) mass is 305 g/mol. The molecule has 2 unspecified atom stereocenters. The molecule has 1 aromatic rings. The fourth-order valence-corrected chi connectivity index (χ4v) is 2.68. The molecule has 1 fully saturated rings. The number of hydrogen-bond acceptors (Lipinski definition) is 2. The maximum absolute atomic E-state index is 4.40. The average molecular weight is 305 g/mol. The first kappa shape index (κ1) is 10.4. The Labute approximate surface area is 98.4 Å². The van der Waals surface area contributed by atoms with Crippen molar-refractivity contribution in [2.45, 2.75) is 45.1 Å². The molecule has 1 aliphatic carbocycles. The molecule has 2 rings (SSSR count). The van der Waals surface area contributed by atoms with Gasteiger partial charge >= 0.3 is 0 Å². The van der Waals surface area contributed by atoms with Crippen LogP contribution < -0.4 is 0 Å². The minimum Gasteiger partial charge on any atom is -0.249 e. The van der Waals surface area contributed by atoms with Gasteiger partial charge in [-0.3, -0.25) is 0 Å². The van der Waals surface area contributed by atoms with E-state index in [0.29, 0.717) is 6.04 Å². The second-order valence-corrected chi connectivity index (χ2v) is 5.05. The lowest BCUT2D eigenvalue weighted by atomic mass is 9.84. The summed E-state index contributed by atoms with van der Waals surface area (Å²) in [5, 5.41) is 4.40. The van der Waals surface area contributed by atoms with Gasteiger partial charge in [0, 0.05) is 22.6 Å². The number of hydrogen-bond donors (Lipinski definition) is 0. The molecule has 4 heteroatoms. The molecule has 3 nitrogen and oxygen atoms in total. The van der Waals surface area contributed by atoms with Crippen molar-refractivity contribution < 1.29 is 0 Å². The minimum atomic E-state index is 0.602. The lowest BCUT2D eigenvalue weighted by Gasteiger charge is -2.28. The van der Waals surface area contributed by atoms with Crippen LogP contribution in [0.2, 0.25) is 0 Å². The topological polar surface area (TPSA) is 30.7 Å². The van der Waals surface area contributed by atoms with Gasteiger partial charge in [-0.15, -0.1) is 5.10 Å². The maximum Gasteiger partial charge on any atom is 0.211 e. The standard InChI is InChI=1S/C10H16IN3/c1-2-8-4-3-5-9(6-8)14-7-12-10(11)13-14/h7-9H,2-6H2,1H3. The second-order valence-electron chi connectivity index (χ2n) is 4.09. The summed E-state index contributed by atoms with van der Waals surface area (Å²) >= 11 is 2.17. The molecule has 0 aromatic carbocycles. The van der Waals surface area contributed by atoms with Gasteiger partial charge in [-0.05, 0) is 18.8 Å². The molecular formula is C10H16IN3. The molecule has 0 bridgehead atoms. The van der Waals surface area contributed by atoms with Crippen LogP contribution in [0.15, 0.2) is 6.33 Å². The van der Waals surface area contributed by atoms with E-state index >= 15 is 0 Å². The van der Waals surface area contributed by atoms with Gasteiger partial charge in [-0.2, -0.15) is 0 Å². The van der Waals surface area contributed by atoms with E-state index in [-0.39, 0.29) is 0 Å². The van der Waals surface area contributed by atoms with Crippen LogP contribution in [-0.2, 0) is 0 Å². The van der Waals surface area contributed by atoms with Gasteiger partial charge in [0.1, 0.15) is 6.33 Å². The van der Waals surface area contributed by atoms with Gasteiger partial charge in [0.05, 0.1) is 6.04 Å². The van der Waals surface area contributed by atoms with Crippen molar-refractivity contribution in [3.63, 3.8) is 0 Å². The summed E-state index contributed by atoms with van der Waals surface area (Å²) in [4.78, 5) is 4.18. The first-order chi connectivity index (χ1) is 6.79. The van der Waals surface area contributed by atoms with E-state index in [0.717, 1.165) is 9.75 Å². The van der Waals surface area contributed by atoms with Crippen molar-refractivity contribution in [3.8, 4) is 0 Å². The van der Waals surface area contributed by atoms with Gasteiger partial charge in [-0.25, -0.2) is 9.67 Å². The molecule has 78 valence electrons. The van der Waals surface area contributed by atoms with Crippen molar-refractivity contribution in [1.29, 1.82) is 0 Å². The molecule has 0 N–H and O–H groups in total. The lowest BCUT2D eigenvalue weighted by Crippen LogP contribution is -2.19. The third-order valence-electron chi connectivity index (χ3n) is 3.19. The zero-order chi connectivity index (χ0) is 9.97. The Bertz CT molecular complexity index is 297. The van der Waals surface area contributed by atoms with Gasteiger partial charge in [0.15, 0.2) is 0 Å². The normalized spacial score (nSPS) is 27.9. The van der Waals surface area contributed by atoms with Gasteiger partial charge < -0.3 is 0 Å². The number of nitrogens with zero attached hydrogens (tertiary/aromatic N) is 3. The summed E-state index contributed by atoms with van der Waals surface area (Å²) < 4.78 is 2.92. The molecule has 1 aliphatic rings. The molecule has 1 saturated carbocycles. The Kier molecular flexibility index (Phi) is 3.41. The van der Waals surface area contributed by atoms with Crippen molar-refractivity contribution in [2.75, 3.05) is 0 Å². The smallest absolute Gasteiger partial charge is 0.211 e. The van der Waals surface area contributed by atoms with Crippen LogP contribution >= 0.6 is 22.6 Å². The SMILES string of the molecule is CCC1CCCC(n2cnc(I)n2)C1. The Hall–Kier alpha value is -0.130.